The highest BCUT2D eigenvalue weighted by Gasteiger charge is 2.35. The van der Waals surface area contributed by atoms with Gasteiger partial charge in [-0.3, -0.25) is 9.59 Å². The Morgan fingerprint density at radius 2 is 1.58 bits per heavy atom. The summed E-state index contributed by atoms with van der Waals surface area (Å²) in [5.41, 5.74) is 2.64. The maximum Gasteiger partial charge on any atom is 0.315 e. The van der Waals surface area contributed by atoms with Gasteiger partial charge in [0, 0.05) is 6.54 Å². The molecule has 0 heterocycles. The predicted octanol–water partition coefficient (Wildman–Crippen LogP) is 3.00. The van der Waals surface area contributed by atoms with E-state index >= 15 is 0 Å². The average molecular weight is 325 g/mol. The summed E-state index contributed by atoms with van der Waals surface area (Å²) in [7, 11) is 0. The zero-order valence-corrected chi connectivity index (χ0v) is 14.3. The molecular formula is C20H23NO3. The SMILES string of the molecule is Cc1cccc(C)c1CC(=O)NCC(C)(C(=O)O)c1ccccc1. The zero-order valence-electron chi connectivity index (χ0n) is 14.3. The van der Waals surface area contributed by atoms with Crippen LogP contribution in [0.1, 0.15) is 29.2 Å². The van der Waals surface area contributed by atoms with Crippen LogP contribution in [0.2, 0.25) is 0 Å². The van der Waals surface area contributed by atoms with Crippen molar-refractivity contribution in [3.63, 3.8) is 0 Å². The Kier molecular flexibility index (Phi) is 5.39. The van der Waals surface area contributed by atoms with Crippen molar-refractivity contribution in [2.45, 2.75) is 32.6 Å². The van der Waals surface area contributed by atoms with Gasteiger partial charge in [-0.1, -0.05) is 48.5 Å². The summed E-state index contributed by atoms with van der Waals surface area (Å²) >= 11 is 0. The van der Waals surface area contributed by atoms with E-state index < -0.39 is 11.4 Å². The van der Waals surface area contributed by atoms with Gasteiger partial charge in [0.05, 0.1) is 6.42 Å². The van der Waals surface area contributed by atoms with E-state index in [2.05, 4.69) is 5.32 Å². The van der Waals surface area contributed by atoms with Crippen molar-refractivity contribution in [3.8, 4) is 0 Å². The lowest BCUT2D eigenvalue weighted by molar-refractivity contribution is -0.143. The number of benzene rings is 2. The Morgan fingerprint density at radius 1 is 1.00 bits per heavy atom. The second kappa shape index (κ2) is 7.30. The van der Waals surface area contributed by atoms with Gasteiger partial charge in [-0.15, -0.1) is 0 Å². The third kappa shape index (κ3) is 3.82. The van der Waals surface area contributed by atoms with Crippen molar-refractivity contribution in [2.24, 2.45) is 0 Å². The molecule has 0 radical (unpaired) electrons. The molecule has 1 amide bonds. The number of hydrogen-bond acceptors (Lipinski definition) is 2. The van der Waals surface area contributed by atoms with Crippen LogP contribution in [0.3, 0.4) is 0 Å². The van der Waals surface area contributed by atoms with Crippen molar-refractivity contribution in [3.05, 3.63) is 70.8 Å². The van der Waals surface area contributed by atoms with Gasteiger partial charge < -0.3 is 10.4 Å². The maximum atomic E-state index is 12.3. The standard InChI is InChI=1S/C20H23NO3/c1-14-8-7-9-15(2)17(14)12-18(22)21-13-20(3,19(23)24)16-10-5-4-6-11-16/h4-11H,12-13H2,1-3H3,(H,21,22)(H,23,24). The minimum atomic E-state index is -1.16. The van der Waals surface area contributed by atoms with Gasteiger partial charge in [0.15, 0.2) is 0 Å². The van der Waals surface area contributed by atoms with Gasteiger partial charge in [-0.05, 0) is 43.0 Å². The number of carboxylic acids is 1. The Morgan fingerprint density at radius 3 is 2.12 bits per heavy atom. The minimum Gasteiger partial charge on any atom is -0.481 e. The van der Waals surface area contributed by atoms with Crippen molar-refractivity contribution >= 4 is 11.9 Å². The highest BCUT2D eigenvalue weighted by Crippen LogP contribution is 2.23. The molecule has 2 rings (SSSR count). The normalized spacial score (nSPS) is 13.1. The van der Waals surface area contributed by atoms with Crippen LogP contribution in [0.15, 0.2) is 48.5 Å². The second-order valence-electron chi connectivity index (χ2n) is 6.33. The summed E-state index contributed by atoms with van der Waals surface area (Å²) in [5, 5.41) is 12.4. The summed E-state index contributed by atoms with van der Waals surface area (Å²) in [6.07, 6.45) is 0.253. The van der Waals surface area contributed by atoms with Crippen LogP contribution in [0.5, 0.6) is 0 Å². The monoisotopic (exact) mass is 325 g/mol. The summed E-state index contributed by atoms with van der Waals surface area (Å²) in [6, 6.07) is 14.9. The molecular weight excluding hydrogens is 302 g/mol. The van der Waals surface area contributed by atoms with Crippen LogP contribution in [0.4, 0.5) is 0 Å². The molecule has 1 atom stereocenters. The molecule has 0 bridgehead atoms. The van der Waals surface area contributed by atoms with E-state index in [1.807, 2.05) is 38.1 Å². The van der Waals surface area contributed by atoms with Crippen molar-refractivity contribution in [1.29, 1.82) is 0 Å². The van der Waals surface area contributed by atoms with Gasteiger partial charge in [0.1, 0.15) is 5.41 Å². The summed E-state index contributed by atoms with van der Waals surface area (Å²) in [5.74, 6) is -1.13. The van der Waals surface area contributed by atoms with E-state index in [4.69, 9.17) is 0 Å². The zero-order chi connectivity index (χ0) is 17.7. The number of aliphatic carboxylic acids is 1. The topological polar surface area (TPSA) is 66.4 Å². The van der Waals surface area contributed by atoms with E-state index in [-0.39, 0.29) is 18.9 Å². The molecule has 4 heteroatoms. The number of nitrogens with one attached hydrogen (secondary N) is 1. The van der Waals surface area contributed by atoms with Crippen LogP contribution in [-0.2, 0) is 21.4 Å². The molecule has 126 valence electrons. The molecule has 0 aliphatic heterocycles. The van der Waals surface area contributed by atoms with E-state index in [1.54, 1.807) is 31.2 Å². The average Bonchev–Trinajstić information content (AvgIpc) is 2.56. The van der Waals surface area contributed by atoms with Crippen molar-refractivity contribution in [1.82, 2.24) is 5.32 Å². The molecule has 0 fully saturated rings. The number of amides is 1. The smallest absolute Gasteiger partial charge is 0.315 e. The van der Waals surface area contributed by atoms with E-state index in [0.717, 1.165) is 16.7 Å². The molecule has 0 spiro atoms. The number of aryl methyl sites for hydroxylation is 2. The van der Waals surface area contributed by atoms with Crippen LogP contribution in [0, 0.1) is 13.8 Å². The van der Waals surface area contributed by atoms with Crippen molar-refractivity contribution in [2.75, 3.05) is 6.54 Å². The fourth-order valence-corrected chi connectivity index (χ4v) is 2.73. The molecule has 2 aromatic rings. The van der Waals surface area contributed by atoms with Gasteiger partial charge in [0.2, 0.25) is 5.91 Å². The molecule has 4 nitrogen and oxygen atoms in total. The molecule has 0 aliphatic carbocycles. The van der Waals surface area contributed by atoms with E-state index in [1.165, 1.54) is 0 Å². The first kappa shape index (κ1) is 17.7. The Hall–Kier alpha value is -2.62. The first-order valence-electron chi connectivity index (χ1n) is 7.95. The molecule has 0 saturated heterocycles. The Bertz CT molecular complexity index is 720. The minimum absolute atomic E-state index is 0.0517. The van der Waals surface area contributed by atoms with Crippen LogP contribution >= 0.6 is 0 Å². The first-order chi connectivity index (χ1) is 11.3. The summed E-state index contributed by atoms with van der Waals surface area (Å²) in [6.45, 7) is 5.63. The molecule has 0 aliphatic rings. The molecule has 2 N–H and O–H groups in total. The number of carboxylic acid groups (broad SMARTS) is 1. The predicted molar refractivity (Wildman–Crippen MR) is 94.1 cm³/mol. The lowest BCUT2D eigenvalue weighted by atomic mass is 9.82. The fourth-order valence-electron chi connectivity index (χ4n) is 2.73. The molecule has 2 aromatic carbocycles. The third-order valence-electron chi connectivity index (χ3n) is 4.50. The number of rotatable bonds is 6. The molecule has 0 aromatic heterocycles. The quantitative estimate of drug-likeness (QED) is 0.858. The maximum absolute atomic E-state index is 12.3. The van der Waals surface area contributed by atoms with E-state index in [9.17, 15) is 14.7 Å². The van der Waals surface area contributed by atoms with Crippen LogP contribution in [0.25, 0.3) is 0 Å². The van der Waals surface area contributed by atoms with Gasteiger partial charge in [0.25, 0.3) is 0 Å². The summed E-state index contributed by atoms with van der Waals surface area (Å²) in [4.78, 5) is 24.1. The highest BCUT2D eigenvalue weighted by atomic mass is 16.4. The lowest BCUT2D eigenvalue weighted by Crippen LogP contribution is -2.44. The summed E-state index contributed by atoms with van der Waals surface area (Å²) < 4.78 is 0. The molecule has 1 unspecified atom stereocenters. The van der Waals surface area contributed by atoms with Gasteiger partial charge in [-0.2, -0.15) is 0 Å². The largest absolute Gasteiger partial charge is 0.481 e. The lowest BCUT2D eigenvalue weighted by Gasteiger charge is -2.26. The number of hydrogen-bond donors (Lipinski definition) is 2. The van der Waals surface area contributed by atoms with Crippen LogP contribution in [-0.4, -0.2) is 23.5 Å². The Balaban J connectivity index is 2.10. The second-order valence-corrected chi connectivity index (χ2v) is 6.33. The number of carbonyl (C=O) groups is 2. The van der Waals surface area contributed by atoms with Crippen molar-refractivity contribution < 1.29 is 14.7 Å². The molecule has 24 heavy (non-hydrogen) atoms. The molecule has 0 saturated carbocycles. The highest BCUT2D eigenvalue weighted by molar-refractivity contribution is 5.84. The van der Waals surface area contributed by atoms with Crippen LogP contribution < -0.4 is 5.32 Å². The van der Waals surface area contributed by atoms with Gasteiger partial charge in [-0.25, -0.2) is 0 Å². The fraction of sp³-hybridized carbons (Fsp3) is 0.300. The first-order valence-corrected chi connectivity index (χ1v) is 7.95. The third-order valence-corrected chi connectivity index (χ3v) is 4.50. The van der Waals surface area contributed by atoms with Gasteiger partial charge >= 0.3 is 5.97 Å². The Labute approximate surface area is 142 Å². The van der Waals surface area contributed by atoms with E-state index in [0.29, 0.717) is 5.56 Å². The number of carbonyl (C=O) groups excluding carboxylic acids is 1.